The number of pyridine rings is 1. The van der Waals surface area contributed by atoms with Crippen LogP contribution in [0.25, 0.3) is 21.5 Å². The van der Waals surface area contributed by atoms with Crippen molar-refractivity contribution in [1.29, 1.82) is 0 Å². The molecule has 3 aromatic heterocycles. The van der Waals surface area contributed by atoms with Gasteiger partial charge in [0.05, 0.1) is 15.9 Å². The lowest BCUT2D eigenvalue weighted by atomic mass is 10.2. The van der Waals surface area contributed by atoms with Gasteiger partial charge in [-0.3, -0.25) is 14.6 Å². The fourth-order valence-electron chi connectivity index (χ4n) is 2.45. The summed E-state index contributed by atoms with van der Waals surface area (Å²) in [5.74, 6) is -0.359. The minimum Gasteiger partial charge on any atom is -0.300 e. The van der Waals surface area contributed by atoms with E-state index >= 15 is 0 Å². The number of aromatic nitrogens is 4. The van der Waals surface area contributed by atoms with Gasteiger partial charge in [-0.1, -0.05) is 23.5 Å². The van der Waals surface area contributed by atoms with Crippen molar-refractivity contribution in [3.63, 3.8) is 0 Å². The molecule has 8 heteroatoms. The van der Waals surface area contributed by atoms with Crippen molar-refractivity contribution in [2.45, 2.75) is 6.54 Å². The molecule has 0 fully saturated rings. The predicted molar refractivity (Wildman–Crippen MR) is 100.0 cm³/mol. The lowest BCUT2D eigenvalue weighted by Crippen LogP contribution is -2.29. The number of nitrogens with one attached hydrogen (secondary N) is 1. The van der Waals surface area contributed by atoms with Gasteiger partial charge in [-0.05, 0) is 30.3 Å². The number of fused-ring (bicyclic) bond motifs is 1. The van der Waals surface area contributed by atoms with Gasteiger partial charge in [0.25, 0.3) is 5.56 Å². The van der Waals surface area contributed by atoms with Crippen LogP contribution in [0.2, 0.25) is 0 Å². The second-order valence-electron chi connectivity index (χ2n) is 5.49. The summed E-state index contributed by atoms with van der Waals surface area (Å²) in [7, 11) is 0. The Morgan fingerprint density at radius 3 is 2.81 bits per heavy atom. The summed E-state index contributed by atoms with van der Waals surface area (Å²) in [4.78, 5) is 32.7. The summed E-state index contributed by atoms with van der Waals surface area (Å²) in [6.07, 6.45) is 3.31. The number of benzene rings is 1. The lowest BCUT2D eigenvalue weighted by molar-refractivity contribution is -0.117. The molecule has 0 aliphatic heterocycles. The van der Waals surface area contributed by atoms with Gasteiger partial charge < -0.3 is 5.32 Å². The van der Waals surface area contributed by atoms with Crippen molar-refractivity contribution in [1.82, 2.24) is 19.7 Å². The largest absolute Gasteiger partial charge is 0.300 e. The number of amides is 1. The molecule has 0 saturated carbocycles. The fourth-order valence-corrected chi connectivity index (χ4v) is 3.33. The zero-order valence-corrected chi connectivity index (χ0v) is 14.3. The Morgan fingerprint density at radius 2 is 2.00 bits per heavy atom. The third-order valence-electron chi connectivity index (χ3n) is 3.66. The zero-order chi connectivity index (χ0) is 17.9. The molecule has 0 bridgehead atoms. The summed E-state index contributed by atoms with van der Waals surface area (Å²) >= 11 is 1.38. The van der Waals surface area contributed by atoms with Crippen molar-refractivity contribution in [2.24, 2.45) is 0 Å². The number of nitrogens with zero attached hydrogens (tertiary/aromatic N) is 4. The van der Waals surface area contributed by atoms with E-state index in [1.165, 1.54) is 17.4 Å². The molecule has 3 heterocycles. The van der Waals surface area contributed by atoms with Crippen LogP contribution < -0.4 is 10.9 Å². The van der Waals surface area contributed by atoms with E-state index in [4.69, 9.17) is 0 Å². The van der Waals surface area contributed by atoms with E-state index in [0.29, 0.717) is 10.8 Å². The van der Waals surface area contributed by atoms with E-state index in [1.807, 2.05) is 30.3 Å². The molecule has 0 unspecified atom stereocenters. The molecule has 1 N–H and O–H groups in total. The van der Waals surface area contributed by atoms with E-state index in [2.05, 4.69) is 20.4 Å². The summed E-state index contributed by atoms with van der Waals surface area (Å²) in [6.45, 7) is -0.192. The minimum absolute atomic E-state index is 0.192. The average molecular weight is 363 g/mol. The van der Waals surface area contributed by atoms with Gasteiger partial charge in [-0.15, -0.1) is 0 Å². The molecule has 1 amide bonds. The predicted octanol–water partition coefficient (Wildman–Crippen LogP) is 2.55. The molecule has 0 atom stereocenters. The van der Waals surface area contributed by atoms with Crippen LogP contribution in [-0.2, 0) is 11.3 Å². The van der Waals surface area contributed by atoms with Gasteiger partial charge in [0.2, 0.25) is 5.91 Å². The highest BCUT2D eigenvalue weighted by molar-refractivity contribution is 7.22. The van der Waals surface area contributed by atoms with Crippen molar-refractivity contribution >= 4 is 32.6 Å². The monoisotopic (exact) mass is 363 g/mol. The third kappa shape index (κ3) is 3.35. The molecule has 4 aromatic rings. The molecular formula is C18H13N5O2S. The Balaban J connectivity index is 1.54. The topological polar surface area (TPSA) is 89.8 Å². The number of thiazole rings is 1. The Bertz CT molecular complexity index is 1100. The Labute approximate surface area is 152 Å². The van der Waals surface area contributed by atoms with Crippen LogP contribution in [-0.4, -0.2) is 25.7 Å². The smallest absolute Gasteiger partial charge is 0.267 e. The highest BCUT2D eigenvalue weighted by Gasteiger charge is 2.11. The first kappa shape index (κ1) is 16.1. The molecule has 0 saturated heterocycles. The molecule has 0 aliphatic rings. The van der Waals surface area contributed by atoms with Gasteiger partial charge in [-0.2, -0.15) is 5.10 Å². The zero-order valence-electron chi connectivity index (χ0n) is 13.5. The second kappa shape index (κ2) is 6.85. The first-order chi connectivity index (χ1) is 12.7. The van der Waals surface area contributed by atoms with Gasteiger partial charge in [-0.25, -0.2) is 9.67 Å². The fraction of sp³-hybridized carbons (Fsp3) is 0.0556. The molecule has 4 rings (SSSR count). The molecule has 0 aliphatic carbocycles. The minimum atomic E-state index is -0.359. The molecule has 0 radical (unpaired) electrons. The highest BCUT2D eigenvalue weighted by atomic mass is 32.1. The number of hydrogen-bond acceptors (Lipinski definition) is 6. The summed E-state index contributed by atoms with van der Waals surface area (Å²) in [5, 5.41) is 7.47. The standard InChI is InChI=1S/C18H13N5O2S/c24-16(21-18-20-14-5-1-2-6-15(14)26-18)11-23-17(25)8-7-13(22-23)12-4-3-9-19-10-12/h1-10H,11H2,(H,20,21,24). The summed E-state index contributed by atoms with van der Waals surface area (Å²) in [6, 6.07) is 14.2. The van der Waals surface area contributed by atoms with Crippen LogP contribution in [0.5, 0.6) is 0 Å². The number of anilines is 1. The van der Waals surface area contributed by atoms with E-state index in [1.54, 1.807) is 24.5 Å². The van der Waals surface area contributed by atoms with Crippen molar-refractivity contribution in [3.05, 3.63) is 71.3 Å². The quantitative estimate of drug-likeness (QED) is 0.602. The van der Waals surface area contributed by atoms with E-state index < -0.39 is 0 Å². The summed E-state index contributed by atoms with van der Waals surface area (Å²) < 4.78 is 2.11. The Morgan fingerprint density at radius 1 is 1.12 bits per heavy atom. The molecule has 26 heavy (non-hydrogen) atoms. The van der Waals surface area contributed by atoms with Gasteiger partial charge >= 0.3 is 0 Å². The van der Waals surface area contributed by atoms with E-state index in [-0.39, 0.29) is 18.0 Å². The third-order valence-corrected chi connectivity index (χ3v) is 4.61. The lowest BCUT2D eigenvalue weighted by Gasteiger charge is -2.06. The van der Waals surface area contributed by atoms with Crippen LogP contribution in [0.4, 0.5) is 5.13 Å². The second-order valence-corrected chi connectivity index (χ2v) is 6.52. The number of hydrogen-bond donors (Lipinski definition) is 1. The van der Waals surface area contributed by atoms with Crippen LogP contribution >= 0.6 is 11.3 Å². The first-order valence-electron chi connectivity index (χ1n) is 7.83. The maximum absolute atomic E-state index is 12.3. The van der Waals surface area contributed by atoms with Gasteiger partial charge in [0.1, 0.15) is 6.54 Å². The van der Waals surface area contributed by atoms with Gasteiger partial charge in [0.15, 0.2) is 5.13 Å². The van der Waals surface area contributed by atoms with Crippen LogP contribution in [0.15, 0.2) is 65.7 Å². The normalized spacial score (nSPS) is 10.8. The van der Waals surface area contributed by atoms with E-state index in [0.717, 1.165) is 20.5 Å². The summed E-state index contributed by atoms with van der Waals surface area (Å²) in [5.41, 5.74) is 1.82. The van der Waals surface area contributed by atoms with Crippen molar-refractivity contribution in [3.8, 4) is 11.3 Å². The first-order valence-corrected chi connectivity index (χ1v) is 8.65. The Kier molecular flexibility index (Phi) is 4.24. The highest BCUT2D eigenvalue weighted by Crippen LogP contribution is 2.25. The number of rotatable bonds is 4. The SMILES string of the molecule is O=C(Cn1nc(-c2cccnc2)ccc1=O)Nc1nc2ccccc2s1. The van der Waals surface area contributed by atoms with Crippen LogP contribution in [0.1, 0.15) is 0 Å². The number of para-hydroxylation sites is 1. The maximum Gasteiger partial charge on any atom is 0.267 e. The Hall–Kier alpha value is -3.39. The van der Waals surface area contributed by atoms with Crippen LogP contribution in [0, 0.1) is 0 Å². The van der Waals surface area contributed by atoms with Crippen LogP contribution in [0.3, 0.4) is 0 Å². The number of carbonyl (C=O) groups excluding carboxylic acids is 1. The van der Waals surface area contributed by atoms with Gasteiger partial charge in [0, 0.05) is 24.0 Å². The maximum atomic E-state index is 12.3. The van der Waals surface area contributed by atoms with E-state index in [9.17, 15) is 9.59 Å². The molecule has 128 valence electrons. The molecule has 0 spiro atoms. The number of carbonyl (C=O) groups is 1. The molecule has 7 nitrogen and oxygen atoms in total. The molecule has 1 aromatic carbocycles. The van der Waals surface area contributed by atoms with Crippen molar-refractivity contribution < 1.29 is 4.79 Å². The molecular weight excluding hydrogens is 350 g/mol. The average Bonchev–Trinajstić information content (AvgIpc) is 3.06. The van der Waals surface area contributed by atoms with Crippen molar-refractivity contribution in [2.75, 3.05) is 5.32 Å².